The summed E-state index contributed by atoms with van der Waals surface area (Å²) in [4.78, 5) is 12.8. The SMILES string of the molecule is CC(Sc1nc(N)cc(C#N)n1)c1cc2c(c(Cl)n1)OCC2(C)C. The zero-order chi connectivity index (χ0) is 17.5. The van der Waals surface area contributed by atoms with Crippen molar-refractivity contribution in [2.24, 2.45) is 0 Å². The molecular formula is C16H16ClN5OS. The Bertz CT molecular complexity index is 849. The van der Waals surface area contributed by atoms with Crippen molar-refractivity contribution in [1.82, 2.24) is 15.0 Å². The summed E-state index contributed by atoms with van der Waals surface area (Å²) in [7, 11) is 0. The molecule has 1 aliphatic rings. The Balaban J connectivity index is 1.92. The summed E-state index contributed by atoms with van der Waals surface area (Å²) in [5, 5.41) is 9.74. The van der Waals surface area contributed by atoms with Crippen LogP contribution in [0.4, 0.5) is 5.82 Å². The third-order valence-corrected chi connectivity index (χ3v) is 5.04. The third-order valence-electron chi connectivity index (χ3n) is 3.80. The van der Waals surface area contributed by atoms with Crippen LogP contribution in [0.25, 0.3) is 0 Å². The van der Waals surface area contributed by atoms with Gasteiger partial charge < -0.3 is 10.5 Å². The molecule has 3 rings (SSSR count). The Hall–Kier alpha value is -2.04. The molecule has 0 fully saturated rings. The molecule has 6 nitrogen and oxygen atoms in total. The quantitative estimate of drug-likeness (QED) is 0.507. The van der Waals surface area contributed by atoms with E-state index < -0.39 is 0 Å². The summed E-state index contributed by atoms with van der Waals surface area (Å²) in [6.45, 7) is 6.78. The van der Waals surface area contributed by atoms with Crippen LogP contribution >= 0.6 is 23.4 Å². The van der Waals surface area contributed by atoms with Crippen molar-refractivity contribution in [2.75, 3.05) is 12.3 Å². The van der Waals surface area contributed by atoms with E-state index in [2.05, 4.69) is 28.8 Å². The average Bonchev–Trinajstić information content (AvgIpc) is 2.82. The van der Waals surface area contributed by atoms with Gasteiger partial charge in [-0.05, 0) is 13.0 Å². The summed E-state index contributed by atoms with van der Waals surface area (Å²) in [5.41, 5.74) is 7.71. The van der Waals surface area contributed by atoms with Crippen molar-refractivity contribution in [3.63, 3.8) is 0 Å². The van der Waals surface area contributed by atoms with Gasteiger partial charge in [0.25, 0.3) is 0 Å². The number of rotatable bonds is 3. The predicted molar refractivity (Wildman–Crippen MR) is 93.2 cm³/mol. The first kappa shape index (κ1) is 16.8. The standard InChI is InChI=1S/C16H16ClN5OS/c1-8(24-15-20-9(6-18)4-12(19)22-15)11-5-10-13(14(17)21-11)23-7-16(10,2)3/h4-5,8H,7H2,1-3H3,(H2,19,20,22). The average molecular weight is 362 g/mol. The van der Waals surface area contributed by atoms with Crippen molar-refractivity contribution in [2.45, 2.75) is 36.6 Å². The fourth-order valence-corrected chi connectivity index (χ4v) is 3.59. The van der Waals surface area contributed by atoms with Crippen LogP contribution < -0.4 is 10.5 Å². The van der Waals surface area contributed by atoms with Crippen LogP contribution in [0.2, 0.25) is 5.15 Å². The van der Waals surface area contributed by atoms with Gasteiger partial charge in [-0.25, -0.2) is 15.0 Å². The number of nitriles is 1. The van der Waals surface area contributed by atoms with Crippen molar-refractivity contribution in [3.8, 4) is 11.8 Å². The minimum Gasteiger partial charge on any atom is -0.489 e. The molecule has 0 radical (unpaired) electrons. The zero-order valence-corrected chi connectivity index (χ0v) is 15.1. The van der Waals surface area contributed by atoms with Crippen LogP contribution in [0.5, 0.6) is 5.75 Å². The van der Waals surface area contributed by atoms with Gasteiger partial charge >= 0.3 is 0 Å². The first-order valence-corrected chi connectivity index (χ1v) is 8.61. The number of thioether (sulfide) groups is 1. The number of nitrogen functional groups attached to an aromatic ring is 1. The highest BCUT2D eigenvalue weighted by molar-refractivity contribution is 7.99. The molecule has 2 aromatic heterocycles. The Morgan fingerprint density at radius 2 is 2.12 bits per heavy atom. The molecule has 1 aliphatic heterocycles. The van der Waals surface area contributed by atoms with E-state index in [1.165, 1.54) is 17.8 Å². The van der Waals surface area contributed by atoms with Crippen LogP contribution in [0.3, 0.4) is 0 Å². The van der Waals surface area contributed by atoms with E-state index >= 15 is 0 Å². The maximum Gasteiger partial charge on any atom is 0.191 e. The summed E-state index contributed by atoms with van der Waals surface area (Å²) >= 11 is 7.66. The molecule has 124 valence electrons. The fourth-order valence-electron chi connectivity index (χ4n) is 2.47. The minimum absolute atomic E-state index is 0.0578. The molecule has 8 heteroatoms. The van der Waals surface area contributed by atoms with Gasteiger partial charge in [-0.1, -0.05) is 37.2 Å². The van der Waals surface area contributed by atoms with Gasteiger partial charge in [0.2, 0.25) is 0 Å². The monoisotopic (exact) mass is 361 g/mol. The fraction of sp³-hybridized carbons (Fsp3) is 0.375. The summed E-state index contributed by atoms with van der Waals surface area (Å²) < 4.78 is 5.67. The molecule has 24 heavy (non-hydrogen) atoms. The van der Waals surface area contributed by atoms with E-state index in [4.69, 9.17) is 27.3 Å². The Morgan fingerprint density at radius 3 is 2.83 bits per heavy atom. The number of ether oxygens (including phenoxy) is 1. The highest BCUT2D eigenvalue weighted by Gasteiger charge is 2.35. The van der Waals surface area contributed by atoms with Crippen LogP contribution in [0, 0.1) is 11.3 Å². The second-order valence-corrected chi connectivity index (χ2v) is 7.89. The molecule has 0 aromatic carbocycles. The van der Waals surface area contributed by atoms with Crippen LogP contribution in [-0.4, -0.2) is 21.6 Å². The number of nitrogens with zero attached hydrogens (tertiary/aromatic N) is 4. The zero-order valence-electron chi connectivity index (χ0n) is 13.5. The van der Waals surface area contributed by atoms with Crippen LogP contribution in [0.15, 0.2) is 17.3 Å². The number of hydrogen-bond acceptors (Lipinski definition) is 7. The van der Waals surface area contributed by atoms with E-state index in [0.29, 0.717) is 22.7 Å². The Labute approximate surface area is 149 Å². The van der Waals surface area contributed by atoms with E-state index in [1.54, 1.807) is 0 Å². The van der Waals surface area contributed by atoms with E-state index in [9.17, 15) is 0 Å². The van der Waals surface area contributed by atoms with Crippen molar-refractivity contribution < 1.29 is 4.74 Å². The lowest BCUT2D eigenvalue weighted by molar-refractivity contribution is 0.290. The summed E-state index contributed by atoms with van der Waals surface area (Å²) in [6.07, 6.45) is 0. The van der Waals surface area contributed by atoms with E-state index in [-0.39, 0.29) is 22.2 Å². The predicted octanol–water partition coefficient (Wildman–Crippen LogP) is 3.50. The van der Waals surface area contributed by atoms with Gasteiger partial charge in [0, 0.05) is 17.0 Å². The van der Waals surface area contributed by atoms with Crippen molar-refractivity contribution >= 4 is 29.2 Å². The molecule has 1 unspecified atom stereocenters. The number of aromatic nitrogens is 3. The van der Waals surface area contributed by atoms with Crippen molar-refractivity contribution in [3.05, 3.63) is 34.2 Å². The lowest BCUT2D eigenvalue weighted by Crippen LogP contribution is -2.18. The number of anilines is 1. The number of fused-ring (bicyclic) bond motifs is 1. The maximum atomic E-state index is 8.99. The van der Waals surface area contributed by atoms with E-state index in [1.807, 2.05) is 19.1 Å². The topological polar surface area (TPSA) is 97.7 Å². The molecule has 0 saturated heterocycles. The molecule has 3 heterocycles. The van der Waals surface area contributed by atoms with Crippen molar-refractivity contribution in [1.29, 1.82) is 5.26 Å². The number of hydrogen-bond donors (Lipinski definition) is 1. The first-order valence-electron chi connectivity index (χ1n) is 7.35. The van der Waals surface area contributed by atoms with Gasteiger partial charge in [0.05, 0.1) is 17.6 Å². The molecule has 0 spiro atoms. The molecule has 2 N–H and O–H groups in total. The summed E-state index contributed by atoms with van der Waals surface area (Å²) in [5.74, 6) is 0.931. The van der Waals surface area contributed by atoms with Gasteiger partial charge in [-0.2, -0.15) is 5.26 Å². The second-order valence-electron chi connectivity index (χ2n) is 6.22. The normalized spacial score (nSPS) is 16.1. The van der Waals surface area contributed by atoms with Gasteiger partial charge in [0.15, 0.2) is 16.1 Å². The number of halogens is 1. The Morgan fingerprint density at radius 1 is 1.38 bits per heavy atom. The smallest absolute Gasteiger partial charge is 0.191 e. The van der Waals surface area contributed by atoms with Crippen LogP contribution in [-0.2, 0) is 5.41 Å². The molecular weight excluding hydrogens is 346 g/mol. The summed E-state index contributed by atoms with van der Waals surface area (Å²) in [6, 6.07) is 5.44. The van der Waals surface area contributed by atoms with Gasteiger partial charge in [-0.3, -0.25) is 0 Å². The Kier molecular flexibility index (Phi) is 4.28. The van der Waals surface area contributed by atoms with E-state index in [0.717, 1.165) is 11.3 Å². The molecule has 0 aliphatic carbocycles. The molecule has 0 bridgehead atoms. The largest absolute Gasteiger partial charge is 0.489 e. The molecule has 0 amide bonds. The second kappa shape index (κ2) is 6.11. The molecule has 2 aromatic rings. The number of nitrogens with two attached hydrogens (primary N) is 1. The first-order chi connectivity index (χ1) is 11.3. The highest BCUT2D eigenvalue weighted by atomic mass is 35.5. The highest BCUT2D eigenvalue weighted by Crippen LogP contribution is 2.44. The molecule has 0 saturated carbocycles. The third kappa shape index (κ3) is 3.12. The van der Waals surface area contributed by atoms with Gasteiger partial charge in [0.1, 0.15) is 17.6 Å². The minimum atomic E-state index is -0.108. The lowest BCUT2D eigenvalue weighted by Gasteiger charge is -2.17. The van der Waals surface area contributed by atoms with Gasteiger partial charge in [-0.15, -0.1) is 0 Å². The lowest BCUT2D eigenvalue weighted by atomic mass is 9.87. The maximum absolute atomic E-state index is 8.99. The van der Waals surface area contributed by atoms with Crippen LogP contribution in [0.1, 0.15) is 43.0 Å². The molecule has 1 atom stereocenters. The number of pyridine rings is 1.